The first kappa shape index (κ1) is 19.2. The molecule has 0 radical (unpaired) electrons. The Morgan fingerprint density at radius 2 is 1.65 bits per heavy atom. The second kappa shape index (κ2) is 8.29. The molecular weight excluding hydrogens is 332 g/mol. The summed E-state index contributed by atoms with van der Waals surface area (Å²) in [5.41, 5.74) is 2.32. The van der Waals surface area contributed by atoms with Crippen LogP contribution in [0.2, 0.25) is 0 Å². The summed E-state index contributed by atoms with van der Waals surface area (Å²) in [5.74, 6) is -1.06. The fourth-order valence-corrected chi connectivity index (χ4v) is 2.23. The van der Waals surface area contributed by atoms with Gasteiger partial charge in [0.25, 0.3) is 5.91 Å². The van der Waals surface area contributed by atoms with Crippen molar-refractivity contribution in [3.05, 3.63) is 59.7 Å². The minimum atomic E-state index is -0.960. The van der Waals surface area contributed by atoms with Crippen LogP contribution in [0.3, 0.4) is 0 Å². The van der Waals surface area contributed by atoms with Crippen molar-refractivity contribution >= 4 is 29.0 Å². The van der Waals surface area contributed by atoms with Crippen LogP contribution in [-0.4, -0.2) is 37.9 Å². The monoisotopic (exact) mass is 354 g/mol. The normalized spacial score (nSPS) is 11.4. The highest BCUT2D eigenvalue weighted by Crippen LogP contribution is 2.15. The van der Waals surface area contributed by atoms with Gasteiger partial charge in [-0.1, -0.05) is 6.07 Å². The average Bonchev–Trinajstić information content (AvgIpc) is 2.62. The highest BCUT2D eigenvalue weighted by molar-refractivity contribution is 5.98. The standard InChI is InChI=1S/C20H22N2O4/c1-13(23)15-8-10-17(11-9-15)21-19(24)14(2)26-20(25)16-6-5-7-18(12-16)22(3)4/h5-12,14H,1-4H3,(H,21,24). The fourth-order valence-electron chi connectivity index (χ4n) is 2.23. The molecule has 2 rings (SSSR count). The van der Waals surface area contributed by atoms with Crippen molar-refractivity contribution in [1.82, 2.24) is 0 Å². The molecule has 0 saturated carbocycles. The van der Waals surface area contributed by atoms with Crippen molar-refractivity contribution in [1.29, 1.82) is 0 Å². The third-order valence-electron chi connectivity index (χ3n) is 3.81. The number of ether oxygens (including phenoxy) is 1. The Labute approximate surface area is 152 Å². The zero-order valence-electron chi connectivity index (χ0n) is 15.3. The van der Waals surface area contributed by atoms with Gasteiger partial charge in [0, 0.05) is 31.0 Å². The van der Waals surface area contributed by atoms with E-state index in [9.17, 15) is 14.4 Å². The number of nitrogens with one attached hydrogen (secondary N) is 1. The molecule has 0 fully saturated rings. The van der Waals surface area contributed by atoms with Crippen molar-refractivity contribution in [2.75, 3.05) is 24.3 Å². The van der Waals surface area contributed by atoms with E-state index in [1.165, 1.54) is 13.8 Å². The van der Waals surface area contributed by atoms with Gasteiger partial charge in [-0.25, -0.2) is 4.79 Å². The summed E-state index contributed by atoms with van der Waals surface area (Å²) in [6.45, 7) is 2.98. The minimum Gasteiger partial charge on any atom is -0.449 e. The Morgan fingerprint density at radius 1 is 1.00 bits per heavy atom. The number of esters is 1. The van der Waals surface area contributed by atoms with E-state index < -0.39 is 18.0 Å². The van der Waals surface area contributed by atoms with Gasteiger partial charge in [-0.15, -0.1) is 0 Å². The number of carbonyl (C=O) groups excluding carboxylic acids is 3. The minimum absolute atomic E-state index is 0.0508. The molecule has 0 aromatic heterocycles. The largest absolute Gasteiger partial charge is 0.449 e. The van der Waals surface area contributed by atoms with Crippen molar-refractivity contribution in [2.24, 2.45) is 0 Å². The van der Waals surface area contributed by atoms with E-state index in [-0.39, 0.29) is 5.78 Å². The number of ketones is 1. The molecule has 0 aliphatic rings. The van der Waals surface area contributed by atoms with Gasteiger partial charge in [-0.05, 0) is 56.3 Å². The molecule has 1 atom stereocenters. The Hall–Kier alpha value is -3.15. The lowest BCUT2D eigenvalue weighted by Gasteiger charge is -2.16. The van der Waals surface area contributed by atoms with Crippen LogP contribution in [0.5, 0.6) is 0 Å². The Balaban J connectivity index is 1.98. The van der Waals surface area contributed by atoms with Crippen LogP contribution >= 0.6 is 0 Å². The number of Topliss-reactive ketones (excluding diaryl/α,β-unsaturated/α-hetero) is 1. The zero-order valence-corrected chi connectivity index (χ0v) is 15.3. The summed E-state index contributed by atoms with van der Waals surface area (Å²) >= 11 is 0. The van der Waals surface area contributed by atoms with Gasteiger partial charge in [0.05, 0.1) is 5.56 Å². The van der Waals surface area contributed by atoms with E-state index in [4.69, 9.17) is 4.74 Å². The molecule has 26 heavy (non-hydrogen) atoms. The molecule has 6 nitrogen and oxygen atoms in total. The van der Waals surface area contributed by atoms with Crippen molar-refractivity contribution in [2.45, 2.75) is 20.0 Å². The maximum absolute atomic E-state index is 12.2. The number of hydrogen-bond donors (Lipinski definition) is 1. The lowest BCUT2D eigenvalue weighted by Crippen LogP contribution is -2.30. The van der Waals surface area contributed by atoms with E-state index in [1.807, 2.05) is 25.1 Å². The van der Waals surface area contributed by atoms with E-state index in [2.05, 4.69) is 5.32 Å². The lowest BCUT2D eigenvalue weighted by molar-refractivity contribution is -0.123. The van der Waals surface area contributed by atoms with E-state index >= 15 is 0 Å². The van der Waals surface area contributed by atoms with Crippen LogP contribution in [0, 0.1) is 0 Å². The maximum atomic E-state index is 12.2. The Bertz CT molecular complexity index is 813. The third kappa shape index (κ3) is 4.92. The van der Waals surface area contributed by atoms with Gasteiger partial charge in [0.15, 0.2) is 11.9 Å². The van der Waals surface area contributed by atoms with E-state index in [0.29, 0.717) is 16.8 Å². The summed E-state index contributed by atoms with van der Waals surface area (Å²) < 4.78 is 5.24. The van der Waals surface area contributed by atoms with Crippen molar-refractivity contribution < 1.29 is 19.1 Å². The maximum Gasteiger partial charge on any atom is 0.338 e. The fraction of sp³-hybridized carbons (Fsp3) is 0.250. The molecule has 0 bridgehead atoms. The van der Waals surface area contributed by atoms with E-state index in [0.717, 1.165) is 5.69 Å². The molecule has 0 spiro atoms. The second-order valence-corrected chi connectivity index (χ2v) is 6.12. The molecule has 1 amide bonds. The molecule has 0 saturated heterocycles. The summed E-state index contributed by atoms with van der Waals surface area (Å²) in [6, 6.07) is 13.5. The average molecular weight is 354 g/mol. The van der Waals surface area contributed by atoms with Gasteiger partial charge in [0.1, 0.15) is 0 Å². The zero-order chi connectivity index (χ0) is 19.3. The van der Waals surface area contributed by atoms with Crippen LogP contribution < -0.4 is 10.2 Å². The van der Waals surface area contributed by atoms with Crippen LogP contribution in [0.25, 0.3) is 0 Å². The molecule has 136 valence electrons. The number of rotatable bonds is 6. The number of amides is 1. The lowest BCUT2D eigenvalue weighted by atomic mass is 10.1. The second-order valence-electron chi connectivity index (χ2n) is 6.12. The summed E-state index contributed by atoms with van der Waals surface area (Å²) in [4.78, 5) is 37.6. The predicted molar refractivity (Wildman–Crippen MR) is 101 cm³/mol. The predicted octanol–water partition coefficient (Wildman–Crippen LogP) is 3.14. The Morgan fingerprint density at radius 3 is 2.23 bits per heavy atom. The molecule has 0 aliphatic carbocycles. The third-order valence-corrected chi connectivity index (χ3v) is 3.81. The number of anilines is 2. The van der Waals surface area contributed by atoms with Gasteiger partial charge in [0.2, 0.25) is 0 Å². The molecule has 0 heterocycles. The molecule has 2 aromatic carbocycles. The van der Waals surface area contributed by atoms with Crippen molar-refractivity contribution in [3.8, 4) is 0 Å². The van der Waals surface area contributed by atoms with Crippen LogP contribution in [0.1, 0.15) is 34.6 Å². The highest BCUT2D eigenvalue weighted by atomic mass is 16.5. The van der Waals surface area contributed by atoms with Crippen molar-refractivity contribution in [3.63, 3.8) is 0 Å². The van der Waals surface area contributed by atoms with Crippen LogP contribution in [-0.2, 0) is 9.53 Å². The highest BCUT2D eigenvalue weighted by Gasteiger charge is 2.19. The molecule has 6 heteroatoms. The number of carbonyl (C=O) groups is 3. The first-order valence-corrected chi connectivity index (χ1v) is 8.18. The van der Waals surface area contributed by atoms with Crippen LogP contribution in [0.4, 0.5) is 11.4 Å². The summed E-state index contributed by atoms with van der Waals surface area (Å²) in [6.07, 6.45) is -0.960. The summed E-state index contributed by atoms with van der Waals surface area (Å²) in [5, 5.41) is 2.66. The first-order chi connectivity index (χ1) is 12.3. The topological polar surface area (TPSA) is 75.7 Å². The molecule has 1 N–H and O–H groups in total. The van der Waals surface area contributed by atoms with Gasteiger partial charge < -0.3 is 15.0 Å². The number of nitrogens with zero attached hydrogens (tertiary/aromatic N) is 1. The first-order valence-electron chi connectivity index (χ1n) is 8.18. The van der Waals surface area contributed by atoms with Gasteiger partial charge in [-0.2, -0.15) is 0 Å². The number of hydrogen-bond acceptors (Lipinski definition) is 5. The van der Waals surface area contributed by atoms with Gasteiger partial charge in [-0.3, -0.25) is 9.59 Å². The Kier molecular flexibility index (Phi) is 6.11. The molecular formula is C20H22N2O4. The molecule has 1 unspecified atom stereocenters. The number of benzene rings is 2. The quantitative estimate of drug-likeness (QED) is 0.637. The van der Waals surface area contributed by atoms with Gasteiger partial charge >= 0.3 is 5.97 Å². The summed E-state index contributed by atoms with van der Waals surface area (Å²) in [7, 11) is 3.75. The van der Waals surface area contributed by atoms with E-state index in [1.54, 1.807) is 42.5 Å². The smallest absolute Gasteiger partial charge is 0.338 e. The molecule has 2 aromatic rings. The van der Waals surface area contributed by atoms with Crippen LogP contribution in [0.15, 0.2) is 48.5 Å². The molecule has 0 aliphatic heterocycles. The SMILES string of the molecule is CC(=O)c1ccc(NC(=O)C(C)OC(=O)c2cccc(N(C)C)c2)cc1.